The summed E-state index contributed by atoms with van der Waals surface area (Å²) in [5, 5.41) is 3.41. The molecule has 16 heteroatoms. The van der Waals surface area contributed by atoms with E-state index in [1.807, 2.05) is 0 Å². The molecule has 0 aliphatic rings. The van der Waals surface area contributed by atoms with Crippen LogP contribution in [-0.2, 0) is 16.2 Å². The van der Waals surface area contributed by atoms with Gasteiger partial charge in [-0.15, -0.1) is 0 Å². The van der Waals surface area contributed by atoms with Crippen molar-refractivity contribution in [3.05, 3.63) is 71.6 Å². The van der Waals surface area contributed by atoms with E-state index in [1.165, 1.54) is 30.6 Å². The molecule has 7 nitrogen and oxygen atoms in total. The van der Waals surface area contributed by atoms with E-state index >= 15 is 0 Å². The van der Waals surface area contributed by atoms with Crippen LogP contribution in [0.3, 0.4) is 0 Å². The summed E-state index contributed by atoms with van der Waals surface area (Å²) in [6.07, 6.45) is -3.06. The van der Waals surface area contributed by atoms with Crippen molar-refractivity contribution in [3.8, 4) is 0 Å². The zero-order chi connectivity index (χ0) is 25.3. The summed E-state index contributed by atoms with van der Waals surface area (Å²) in [6.45, 7) is 0. The summed E-state index contributed by atoms with van der Waals surface area (Å²) in [4.78, 5) is 7.20. The van der Waals surface area contributed by atoms with Gasteiger partial charge in [-0.2, -0.15) is 13.2 Å². The number of hydrogen-bond donors (Lipinski definition) is 3. The number of alkyl halides is 3. The number of halogens is 7. The lowest BCUT2D eigenvalue weighted by atomic mass is 10.1. The molecule has 0 aliphatic carbocycles. The third-order valence-corrected chi connectivity index (χ3v) is 5.55. The maximum absolute atomic E-state index is 14.0. The number of rotatable bonds is 5. The van der Waals surface area contributed by atoms with E-state index in [0.29, 0.717) is 0 Å². The molecule has 0 spiro atoms. The van der Waals surface area contributed by atoms with Gasteiger partial charge in [-0.1, -0.05) is 0 Å². The number of aromatic nitrogens is 2. The van der Waals surface area contributed by atoms with Gasteiger partial charge in [0, 0.05) is 18.1 Å². The summed E-state index contributed by atoms with van der Waals surface area (Å²) in [5.74, 6) is -10.2. The van der Waals surface area contributed by atoms with Crippen molar-refractivity contribution in [3.63, 3.8) is 0 Å². The minimum absolute atomic E-state index is 0.0566. The Hall–Kier alpha value is -3.53. The lowest BCUT2D eigenvalue weighted by molar-refractivity contribution is -0.143. The van der Waals surface area contributed by atoms with Crippen molar-refractivity contribution < 1.29 is 39.2 Å². The fourth-order valence-electron chi connectivity index (χ4n) is 2.51. The molecule has 180 valence electrons. The van der Waals surface area contributed by atoms with E-state index < -0.39 is 55.8 Å². The molecule has 3 rings (SSSR count). The van der Waals surface area contributed by atoms with Crippen molar-refractivity contribution in [1.29, 1.82) is 0 Å². The Labute approximate surface area is 192 Å². The second-order valence-corrected chi connectivity index (χ2v) is 8.38. The average molecular weight is 525 g/mol. The van der Waals surface area contributed by atoms with E-state index in [1.54, 1.807) is 5.32 Å². The van der Waals surface area contributed by atoms with Crippen LogP contribution in [0.4, 0.5) is 48.1 Å². The zero-order valence-corrected chi connectivity index (χ0v) is 17.8. The number of anilines is 3. The van der Waals surface area contributed by atoms with Gasteiger partial charge >= 0.3 is 6.18 Å². The van der Waals surface area contributed by atoms with Gasteiger partial charge in [0.15, 0.2) is 28.4 Å². The normalized spacial score (nSPS) is 11.7. The Morgan fingerprint density at radius 1 is 0.853 bits per heavy atom. The van der Waals surface area contributed by atoms with Crippen LogP contribution in [-0.4, -0.2) is 23.5 Å². The average Bonchev–Trinajstić information content (AvgIpc) is 2.75. The highest BCUT2D eigenvalue weighted by atomic mass is 32.2. The van der Waals surface area contributed by atoms with Gasteiger partial charge < -0.3 is 10.6 Å². The predicted molar refractivity (Wildman–Crippen MR) is 110 cm³/mol. The third kappa shape index (κ3) is 5.33. The van der Waals surface area contributed by atoms with E-state index in [9.17, 15) is 39.2 Å². The number of hydrogen-bond acceptors (Lipinski definition) is 5. The number of nitrogens with zero attached hydrogens (tertiary/aromatic N) is 2. The van der Waals surface area contributed by atoms with Crippen LogP contribution in [0.1, 0.15) is 5.56 Å². The molecule has 0 amide bonds. The predicted octanol–water partition coefficient (Wildman–Crippen LogP) is 4.66. The maximum Gasteiger partial charge on any atom is 0.422 e. The van der Waals surface area contributed by atoms with Gasteiger partial charge in [-0.05, 0) is 42.5 Å². The van der Waals surface area contributed by atoms with Crippen LogP contribution in [0.25, 0.3) is 0 Å². The van der Waals surface area contributed by atoms with E-state index in [4.69, 9.17) is 12.2 Å². The largest absolute Gasteiger partial charge is 0.422 e. The van der Waals surface area contributed by atoms with Crippen LogP contribution in [0.2, 0.25) is 0 Å². The molecule has 34 heavy (non-hydrogen) atoms. The number of thiocarbonyl (C=S) groups is 1. The van der Waals surface area contributed by atoms with E-state index in [0.717, 1.165) is 12.1 Å². The highest BCUT2D eigenvalue weighted by Gasteiger charge is 2.42. The summed E-state index contributed by atoms with van der Waals surface area (Å²) >= 11 is 4.75. The van der Waals surface area contributed by atoms with Gasteiger partial charge in [0.05, 0.1) is 4.90 Å². The first kappa shape index (κ1) is 25.1. The maximum atomic E-state index is 14.0. The molecule has 0 saturated carbocycles. The van der Waals surface area contributed by atoms with Gasteiger partial charge in [-0.3, -0.25) is 0 Å². The first-order chi connectivity index (χ1) is 15.8. The Morgan fingerprint density at radius 2 is 1.38 bits per heavy atom. The first-order valence-electron chi connectivity index (χ1n) is 8.72. The van der Waals surface area contributed by atoms with Crippen molar-refractivity contribution in [2.75, 3.05) is 15.4 Å². The topological polar surface area (TPSA) is 96.0 Å². The lowest BCUT2D eigenvalue weighted by Gasteiger charge is -2.16. The molecule has 0 radical (unpaired) electrons. The molecule has 1 heterocycles. The van der Waals surface area contributed by atoms with Crippen LogP contribution in [0.5, 0.6) is 0 Å². The summed E-state index contributed by atoms with van der Waals surface area (Å²) in [7, 11) is -4.07. The molecule has 3 N–H and O–H groups in total. The van der Waals surface area contributed by atoms with Crippen LogP contribution in [0, 0.1) is 23.3 Å². The van der Waals surface area contributed by atoms with Gasteiger partial charge in [0.1, 0.15) is 11.3 Å². The van der Waals surface area contributed by atoms with Crippen molar-refractivity contribution in [2.24, 2.45) is 0 Å². The molecule has 1 aromatic heterocycles. The Balaban J connectivity index is 1.76. The van der Waals surface area contributed by atoms with Gasteiger partial charge in [0.2, 0.25) is 5.95 Å². The second-order valence-electron chi connectivity index (χ2n) is 6.29. The third-order valence-electron chi connectivity index (χ3n) is 4.00. The highest BCUT2D eigenvalue weighted by molar-refractivity contribution is 7.92. The minimum Gasteiger partial charge on any atom is -0.332 e. The number of nitrogens with one attached hydrogen (secondary N) is 3. The van der Waals surface area contributed by atoms with Gasteiger partial charge in [-0.25, -0.2) is 40.7 Å². The van der Waals surface area contributed by atoms with Crippen molar-refractivity contribution >= 4 is 44.7 Å². The number of benzene rings is 2. The molecule has 2 aromatic carbocycles. The Morgan fingerprint density at radius 3 is 1.88 bits per heavy atom. The zero-order valence-electron chi connectivity index (χ0n) is 16.2. The standard InChI is InChI=1S/C18H10F7N5O2S2/c19-11-10(18(23,24)25)12(20)14(22)15(13(11)21)29-17(33)28-8-2-4-9(5-3-8)34(31,32)30-16-26-6-1-7-27-16/h1-7H,(H,26,27,30)(H2,28,29,33). The quantitative estimate of drug-likeness (QED) is 0.253. The highest BCUT2D eigenvalue weighted by Crippen LogP contribution is 2.38. The minimum atomic E-state index is -5.68. The van der Waals surface area contributed by atoms with Crippen LogP contribution in [0.15, 0.2) is 47.6 Å². The van der Waals surface area contributed by atoms with E-state index in [-0.39, 0.29) is 16.5 Å². The molecule has 3 aromatic rings. The summed E-state index contributed by atoms with van der Waals surface area (Å²) in [5.41, 5.74) is -4.26. The molecule has 0 saturated heterocycles. The lowest BCUT2D eigenvalue weighted by Crippen LogP contribution is -2.23. The summed E-state index contributed by atoms with van der Waals surface area (Å²) < 4.78 is 120. The molecule has 0 unspecified atom stereocenters. The molecule has 0 atom stereocenters. The SMILES string of the molecule is O=S(=O)(Nc1ncccn1)c1ccc(NC(=S)Nc2c(F)c(F)c(C(F)(F)F)c(F)c2F)cc1. The van der Waals surface area contributed by atoms with Crippen molar-refractivity contribution in [1.82, 2.24) is 9.97 Å². The number of sulfonamides is 1. The van der Waals surface area contributed by atoms with Gasteiger partial charge in [0.25, 0.3) is 10.0 Å². The molecular formula is C18H10F7N5O2S2. The summed E-state index contributed by atoms with van der Waals surface area (Å²) in [6, 6.07) is 6.04. The van der Waals surface area contributed by atoms with E-state index in [2.05, 4.69) is 20.0 Å². The van der Waals surface area contributed by atoms with Crippen LogP contribution >= 0.6 is 12.2 Å². The van der Waals surface area contributed by atoms with Crippen molar-refractivity contribution in [2.45, 2.75) is 11.1 Å². The molecule has 0 aliphatic heterocycles. The molecule has 0 bridgehead atoms. The fourth-order valence-corrected chi connectivity index (χ4v) is 3.69. The molecular weight excluding hydrogens is 515 g/mol. The first-order valence-corrected chi connectivity index (χ1v) is 10.6. The smallest absolute Gasteiger partial charge is 0.332 e. The Bertz CT molecular complexity index is 1310. The second kappa shape index (κ2) is 9.38. The monoisotopic (exact) mass is 525 g/mol. The van der Waals surface area contributed by atoms with Crippen LogP contribution < -0.4 is 15.4 Å². The fraction of sp³-hybridized carbons (Fsp3) is 0.0556. The molecule has 0 fully saturated rings. The Kier molecular flexibility index (Phi) is 6.92.